The Morgan fingerprint density at radius 3 is 2.94 bits per heavy atom. The van der Waals surface area contributed by atoms with Gasteiger partial charge in [0.15, 0.2) is 5.82 Å². The van der Waals surface area contributed by atoms with E-state index >= 15 is 0 Å². The Hall–Kier alpha value is -1.39. The SMILES string of the molecule is Fc1ccc2c(c1)N(c1nc(Cl)ncc1Cl)CC2. The molecule has 0 saturated heterocycles. The molecule has 2 heterocycles. The molecule has 92 valence electrons. The van der Waals surface area contributed by atoms with Crippen molar-refractivity contribution in [2.45, 2.75) is 6.42 Å². The largest absolute Gasteiger partial charge is 0.324 e. The van der Waals surface area contributed by atoms with Crippen molar-refractivity contribution < 1.29 is 4.39 Å². The third-order valence-corrected chi connectivity index (χ3v) is 3.34. The lowest BCUT2D eigenvalue weighted by molar-refractivity contribution is 0.628. The van der Waals surface area contributed by atoms with E-state index in [1.54, 1.807) is 6.07 Å². The Morgan fingerprint density at radius 1 is 1.28 bits per heavy atom. The summed E-state index contributed by atoms with van der Waals surface area (Å²) in [6.45, 7) is 0.700. The molecule has 0 unspecified atom stereocenters. The maximum absolute atomic E-state index is 13.3. The average Bonchev–Trinajstić information content (AvgIpc) is 2.75. The van der Waals surface area contributed by atoms with Gasteiger partial charge in [-0.15, -0.1) is 0 Å². The molecule has 0 radical (unpaired) electrons. The van der Waals surface area contributed by atoms with Crippen LogP contribution in [0.1, 0.15) is 5.56 Å². The van der Waals surface area contributed by atoms with E-state index in [0.29, 0.717) is 17.4 Å². The molecule has 2 aromatic rings. The van der Waals surface area contributed by atoms with Crippen molar-refractivity contribution in [3.05, 3.63) is 46.1 Å². The number of hydrogen-bond donors (Lipinski definition) is 0. The van der Waals surface area contributed by atoms with Crippen LogP contribution in [0.3, 0.4) is 0 Å². The lowest BCUT2D eigenvalue weighted by Gasteiger charge is -2.19. The van der Waals surface area contributed by atoms with Gasteiger partial charge in [-0.2, -0.15) is 4.98 Å². The summed E-state index contributed by atoms with van der Waals surface area (Å²) in [5.41, 5.74) is 1.86. The smallest absolute Gasteiger partial charge is 0.224 e. The summed E-state index contributed by atoms with van der Waals surface area (Å²) in [4.78, 5) is 9.77. The highest BCUT2D eigenvalue weighted by Crippen LogP contribution is 2.37. The molecule has 0 saturated carbocycles. The predicted molar refractivity (Wildman–Crippen MR) is 69.2 cm³/mol. The van der Waals surface area contributed by atoms with Gasteiger partial charge >= 0.3 is 0 Å². The molecule has 3 nitrogen and oxygen atoms in total. The van der Waals surface area contributed by atoms with Gasteiger partial charge < -0.3 is 4.90 Å². The Bertz CT molecular complexity index is 618. The van der Waals surface area contributed by atoms with Crippen LogP contribution in [0.2, 0.25) is 10.3 Å². The van der Waals surface area contributed by atoms with E-state index in [4.69, 9.17) is 23.2 Å². The fourth-order valence-electron chi connectivity index (χ4n) is 2.10. The summed E-state index contributed by atoms with van der Waals surface area (Å²) in [6, 6.07) is 4.72. The zero-order valence-corrected chi connectivity index (χ0v) is 10.7. The zero-order valence-electron chi connectivity index (χ0n) is 9.20. The van der Waals surface area contributed by atoms with Gasteiger partial charge in [-0.3, -0.25) is 0 Å². The minimum atomic E-state index is -0.281. The minimum absolute atomic E-state index is 0.124. The first-order valence-electron chi connectivity index (χ1n) is 5.39. The number of benzene rings is 1. The second kappa shape index (κ2) is 4.37. The molecule has 0 spiro atoms. The molecule has 0 atom stereocenters. The summed E-state index contributed by atoms with van der Waals surface area (Å²) < 4.78 is 13.3. The maximum atomic E-state index is 13.3. The van der Waals surface area contributed by atoms with Crippen LogP contribution in [-0.4, -0.2) is 16.5 Å². The van der Waals surface area contributed by atoms with Crippen molar-refractivity contribution in [2.24, 2.45) is 0 Å². The predicted octanol–water partition coefficient (Wildman–Crippen LogP) is 3.62. The molecule has 6 heteroatoms. The van der Waals surface area contributed by atoms with Gasteiger partial charge in [0.2, 0.25) is 5.28 Å². The Balaban J connectivity index is 2.11. The number of rotatable bonds is 1. The van der Waals surface area contributed by atoms with E-state index in [9.17, 15) is 4.39 Å². The van der Waals surface area contributed by atoms with Crippen LogP contribution >= 0.6 is 23.2 Å². The molecule has 0 N–H and O–H groups in total. The van der Waals surface area contributed by atoms with E-state index in [1.165, 1.54) is 18.3 Å². The highest BCUT2D eigenvalue weighted by Gasteiger charge is 2.24. The van der Waals surface area contributed by atoms with Gasteiger partial charge in [-0.25, -0.2) is 9.37 Å². The van der Waals surface area contributed by atoms with Crippen LogP contribution in [0.15, 0.2) is 24.4 Å². The van der Waals surface area contributed by atoms with Gasteiger partial charge in [0.25, 0.3) is 0 Å². The normalized spacial score (nSPS) is 13.8. The molecule has 0 fully saturated rings. The fourth-order valence-corrected chi connectivity index (χ4v) is 2.42. The van der Waals surface area contributed by atoms with Gasteiger partial charge in [0.1, 0.15) is 10.8 Å². The van der Waals surface area contributed by atoms with E-state index in [1.807, 2.05) is 4.90 Å². The van der Waals surface area contributed by atoms with Gasteiger partial charge in [-0.05, 0) is 35.7 Å². The number of halogens is 3. The molecule has 1 aliphatic rings. The highest BCUT2D eigenvalue weighted by molar-refractivity contribution is 6.33. The molecule has 3 rings (SSSR count). The molecule has 1 aromatic carbocycles. The van der Waals surface area contributed by atoms with Crippen LogP contribution in [0, 0.1) is 5.82 Å². The quantitative estimate of drug-likeness (QED) is 0.749. The molecular weight excluding hydrogens is 276 g/mol. The van der Waals surface area contributed by atoms with E-state index in [2.05, 4.69) is 9.97 Å². The number of fused-ring (bicyclic) bond motifs is 1. The number of anilines is 2. The van der Waals surface area contributed by atoms with Crippen LogP contribution in [0.4, 0.5) is 15.9 Å². The zero-order chi connectivity index (χ0) is 12.7. The Morgan fingerprint density at radius 2 is 2.11 bits per heavy atom. The number of hydrogen-bond acceptors (Lipinski definition) is 3. The summed E-state index contributed by atoms with van der Waals surface area (Å²) in [6.07, 6.45) is 2.27. The summed E-state index contributed by atoms with van der Waals surface area (Å²) in [7, 11) is 0. The Labute approximate surface area is 113 Å². The number of nitrogens with zero attached hydrogens (tertiary/aromatic N) is 3. The third kappa shape index (κ3) is 1.91. The average molecular weight is 284 g/mol. The third-order valence-electron chi connectivity index (χ3n) is 2.89. The molecule has 0 aliphatic carbocycles. The molecule has 0 bridgehead atoms. The molecule has 1 aromatic heterocycles. The van der Waals surface area contributed by atoms with E-state index in [0.717, 1.165) is 17.7 Å². The van der Waals surface area contributed by atoms with Crippen molar-refractivity contribution >= 4 is 34.7 Å². The van der Waals surface area contributed by atoms with Crippen molar-refractivity contribution in [3.8, 4) is 0 Å². The molecule has 1 aliphatic heterocycles. The molecule has 0 amide bonds. The monoisotopic (exact) mass is 283 g/mol. The second-order valence-electron chi connectivity index (χ2n) is 3.99. The van der Waals surface area contributed by atoms with Crippen LogP contribution < -0.4 is 4.90 Å². The van der Waals surface area contributed by atoms with Gasteiger partial charge in [0.05, 0.1) is 6.20 Å². The molecular formula is C12H8Cl2FN3. The van der Waals surface area contributed by atoms with Gasteiger partial charge in [0, 0.05) is 12.2 Å². The lowest BCUT2D eigenvalue weighted by Crippen LogP contribution is -2.15. The van der Waals surface area contributed by atoms with Crippen LogP contribution in [0.5, 0.6) is 0 Å². The first kappa shape index (κ1) is 11.7. The van der Waals surface area contributed by atoms with Crippen LogP contribution in [-0.2, 0) is 6.42 Å². The second-order valence-corrected chi connectivity index (χ2v) is 4.73. The van der Waals surface area contributed by atoms with Crippen molar-refractivity contribution in [2.75, 3.05) is 11.4 Å². The number of aromatic nitrogens is 2. The topological polar surface area (TPSA) is 29.0 Å². The molecule has 18 heavy (non-hydrogen) atoms. The fraction of sp³-hybridized carbons (Fsp3) is 0.167. The lowest BCUT2D eigenvalue weighted by atomic mass is 10.2. The summed E-state index contributed by atoms with van der Waals surface area (Å²) >= 11 is 11.8. The standard InChI is InChI=1S/C12H8Cl2FN3/c13-9-6-16-12(14)17-11(9)18-4-3-7-1-2-8(15)5-10(7)18/h1-2,5-6H,3-4H2. The first-order chi connectivity index (χ1) is 8.65. The van der Waals surface area contributed by atoms with E-state index in [-0.39, 0.29) is 11.1 Å². The summed E-state index contributed by atoms with van der Waals surface area (Å²) in [5, 5.41) is 0.524. The minimum Gasteiger partial charge on any atom is -0.324 e. The highest BCUT2D eigenvalue weighted by atomic mass is 35.5. The van der Waals surface area contributed by atoms with Crippen molar-refractivity contribution in [1.82, 2.24) is 9.97 Å². The summed E-state index contributed by atoms with van der Waals surface area (Å²) in [5.74, 6) is 0.234. The van der Waals surface area contributed by atoms with Crippen molar-refractivity contribution in [3.63, 3.8) is 0 Å². The Kier molecular flexibility index (Phi) is 2.84. The van der Waals surface area contributed by atoms with Crippen molar-refractivity contribution in [1.29, 1.82) is 0 Å². The first-order valence-corrected chi connectivity index (χ1v) is 6.15. The van der Waals surface area contributed by atoms with Crippen LogP contribution in [0.25, 0.3) is 0 Å². The van der Waals surface area contributed by atoms with E-state index < -0.39 is 0 Å². The van der Waals surface area contributed by atoms with Gasteiger partial charge in [-0.1, -0.05) is 17.7 Å². The maximum Gasteiger partial charge on any atom is 0.224 e.